The van der Waals surface area contributed by atoms with Crippen molar-refractivity contribution in [2.24, 2.45) is 0 Å². The van der Waals surface area contributed by atoms with E-state index in [1.807, 2.05) is 18.2 Å². The van der Waals surface area contributed by atoms with E-state index in [2.05, 4.69) is 5.32 Å². The van der Waals surface area contributed by atoms with E-state index in [-0.39, 0.29) is 30.7 Å². The highest BCUT2D eigenvalue weighted by Crippen LogP contribution is 2.33. The first-order chi connectivity index (χ1) is 15.9. The van der Waals surface area contributed by atoms with Crippen LogP contribution in [0.25, 0.3) is 0 Å². The van der Waals surface area contributed by atoms with E-state index < -0.39 is 12.5 Å². The average molecular weight is 438 g/mol. The lowest BCUT2D eigenvalue weighted by atomic mass is 10.1. The number of unbranched alkanes of at least 4 members (excludes halogenated alkanes) is 2. The Morgan fingerprint density at radius 3 is 2.75 bits per heavy atom. The number of para-hydroxylation sites is 1. The molecule has 2 N–H and O–H groups in total. The number of carboxylic acids is 1. The summed E-state index contributed by atoms with van der Waals surface area (Å²) >= 11 is 0. The van der Waals surface area contributed by atoms with Crippen LogP contribution in [0.4, 0.5) is 5.69 Å². The number of nitrogens with zero attached hydrogens (tertiary/aromatic N) is 1. The summed E-state index contributed by atoms with van der Waals surface area (Å²) in [4.78, 5) is 37.3. The Balaban J connectivity index is 1.46. The van der Waals surface area contributed by atoms with Crippen LogP contribution < -0.4 is 10.1 Å². The molecule has 2 aromatic carbocycles. The Morgan fingerprint density at radius 2 is 1.97 bits per heavy atom. The highest BCUT2D eigenvalue weighted by molar-refractivity contribution is 6.01. The molecule has 1 aliphatic heterocycles. The zero-order valence-corrected chi connectivity index (χ0v) is 17.9. The molecule has 1 aliphatic carbocycles. The number of nitrogens with one attached hydrogen (secondary N) is 1. The zero-order chi connectivity index (χ0) is 23.4. The summed E-state index contributed by atoms with van der Waals surface area (Å²) in [5.41, 5.74) is 2.64. The summed E-state index contributed by atoms with van der Waals surface area (Å²) in [7, 11) is 0. The van der Waals surface area contributed by atoms with Crippen LogP contribution in [0.2, 0.25) is 0 Å². The van der Waals surface area contributed by atoms with Crippen LogP contribution in [0.5, 0.6) is 5.75 Å². The number of anilines is 1. The predicted molar refractivity (Wildman–Crippen MR) is 120 cm³/mol. The minimum atomic E-state index is -0.916. The van der Waals surface area contributed by atoms with Gasteiger partial charge in [0, 0.05) is 35.8 Å². The number of carbonyl (C=O) groups is 3. The summed E-state index contributed by atoms with van der Waals surface area (Å²) in [6.45, 7) is -0.492. The Labute approximate surface area is 188 Å². The first-order valence-electron chi connectivity index (χ1n) is 11.6. The maximum absolute atomic E-state index is 13.4. The fraction of sp³-hybridized carbons (Fsp3) is 0.400. The van der Waals surface area contributed by atoms with Crippen molar-refractivity contribution >= 4 is 23.5 Å². The number of carboxylic acid groups (broad SMARTS) is 1. The number of rotatable bonds is 11. The molecule has 1 unspecified atom stereocenters. The van der Waals surface area contributed by atoms with E-state index in [1.54, 1.807) is 29.2 Å². The van der Waals surface area contributed by atoms with Gasteiger partial charge in [-0.3, -0.25) is 14.4 Å². The average Bonchev–Trinajstić information content (AvgIpc) is 3.55. The molecular formula is C25H28N2O5. The Hall–Kier alpha value is -3.35. The van der Waals surface area contributed by atoms with Gasteiger partial charge < -0.3 is 20.1 Å². The van der Waals surface area contributed by atoms with Crippen molar-refractivity contribution < 1.29 is 25.6 Å². The predicted octanol–water partition coefficient (Wildman–Crippen LogP) is 4.01. The van der Waals surface area contributed by atoms with Gasteiger partial charge in [0.1, 0.15) is 5.75 Å². The van der Waals surface area contributed by atoms with Crippen LogP contribution in [-0.2, 0) is 22.5 Å². The van der Waals surface area contributed by atoms with Crippen molar-refractivity contribution in [1.82, 2.24) is 4.90 Å². The maximum atomic E-state index is 13.4. The molecule has 32 heavy (non-hydrogen) atoms. The molecule has 4 rings (SSSR count). The van der Waals surface area contributed by atoms with Gasteiger partial charge in [0.2, 0.25) is 5.91 Å². The molecule has 1 fully saturated rings. The third kappa shape index (κ3) is 5.46. The molecule has 0 bridgehead atoms. The summed E-state index contributed by atoms with van der Waals surface area (Å²) in [6.07, 6.45) is 4.20. The number of hydrogen-bond donors (Lipinski definition) is 2. The van der Waals surface area contributed by atoms with E-state index in [4.69, 9.17) is 11.2 Å². The zero-order valence-electron chi connectivity index (χ0n) is 18.9. The van der Waals surface area contributed by atoms with Gasteiger partial charge in [-0.1, -0.05) is 18.2 Å². The Bertz CT molecular complexity index is 1050. The van der Waals surface area contributed by atoms with Crippen LogP contribution in [0, 0.1) is 0 Å². The summed E-state index contributed by atoms with van der Waals surface area (Å²) in [6, 6.07) is 12.5. The fourth-order valence-corrected chi connectivity index (χ4v) is 3.80. The van der Waals surface area contributed by atoms with Gasteiger partial charge in [-0.2, -0.15) is 0 Å². The van der Waals surface area contributed by atoms with Gasteiger partial charge in [0.15, 0.2) is 0 Å². The number of carbonyl (C=O) groups excluding carboxylic acids is 2. The number of hydrogen-bond acceptors (Lipinski definition) is 4. The Morgan fingerprint density at radius 1 is 1.16 bits per heavy atom. The van der Waals surface area contributed by atoms with Crippen molar-refractivity contribution in [2.75, 3.05) is 11.9 Å². The Kier molecular flexibility index (Phi) is 6.32. The first-order valence-corrected chi connectivity index (χ1v) is 11.0. The van der Waals surface area contributed by atoms with Gasteiger partial charge in [0.25, 0.3) is 5.91 Å². The lowest BCUT2D eigenvalue weighted by Gasteiger charge is -2.24. The van der Waals surface area contributed by atoms with Gasteiger partial charge >= 0.3 is 5.97 Å². The molecule has 7 heteroatoms. The second-order valence-electron chi connectivity index (χ2n) is 8.26. The molecule has 0 aromatic heterocycles. The molecule has 2 aromatic rings. The van der Waals surface area contributed by atoms with Crippen LogP contribution in [0.3, 0.4) is 0 Å². The van der Waals surface area contributed by atoms with Crippen LogP contribution in [0.15, 0.2) is 42.5 Å². The molecule has 2 aliphatic rings. The first kappa shape index (κ1) is 20.5. The third-order valence-electron chi connectivity index (χ3n) is 5.64. The molecule has 1 heterocycles. The van der Waals surface area contributed by atoms with Crippen molar-refractivity contribution in [3.8, 4) is 5.75 Å². The standard InChI is InChI=1S/C25H28N2O5/c28-23-15-19-14-17(9-12-21(19)26-23)25(31)27(20-10-11-20)16-18-6-3-4-7-22(18)32-13-5-1-2-8-24(29)30/h3-4,6-7,9,12,14,20H,1-2,5,8,10-11,13,15-16H2,(H,26,28)(H,29,30)/i16D. The van der Waals surface area contributed by atoms with Gasteiger partial charge in [-0.25, -0.2) is 0 Å². The van der Waals surface area contributed by atoms with Crippen molar-refractivity contribution in [2.45, 2.75) is 57.5 Å². The normalized spacial score (nSPS) is 16.0. The highest BCUT2D eigenvalue weighted by atomic mass is 16.5. The highest BCUT2D eigenvalue weighted by Gasteiger charge is 2.34. The quantitative estimate of drug-likeness (QED) is 0.518. The van der Waals surface area contributed by atoms with E-state index in [1.165, 1.54) is 0 Å². The third-order valence-corrected chi connectivity index (χ3v) is 5.64. The molecule has 1 saturated carbocycles. The van der Waals surface area contributed by atoms with Crippen LogP contribution in [0.1, 0.15) is 61.4 Å². The van der Waals surface area contributed by atoms with Gasteiger partial charge in [0.05, 0.1) is 14.4 Å². The van der Waals surface area contributed by atoms with E-state index in [9.17, 15) is 14.4 Å². The number of benzene rings is 2. The topological polar surface area (TPSA) is 95.9 Å². The van der Waals surface area contributed by atoms with Crippen LogP contribution in [-0.4, -0.2) is 40.4 Å². The van der Waals surface area contributed by atoms with E-state index in [0.717, 1.165) is 36.9 Å². The number of aliphatic carboxylic acids is 1. The minimum Gasteiger partial charge on any atom is -0.493 e. The van der Waals surface area contributed by atoms with Crippen molar-refractivity contribution in [3.05, 3.63) is 59.2 Å². The van der Waals surface area contributed by atoms with Gasteiger partial charge in [-0.15, -0.1) is 0 Å². The summed E-state index contributed by atoms with van der Waals surface area (Å²) in [5.74, 6) is -0.531. The summed E-state index contributed by atoms with van der Waals surface area (Å²) < 4.78 is 14.9. The fourth-order valence-electron chi connectivity index (χ4n) is 3.80. The lowest BCUT2D eigenvalue weighted by Crippen LogP contribution is -2.32. The van der Waals surface area contributed by atoms with E-state index >= 15 is 0 Å². The molecule has 0 spiro atoms. The smallest absolute Gasteiger partial charge is 0.303 e. The minimum absolute atomic E-state index is 0.0112. The summed E-state index contributed by atoms with van der Waals surface area (Å²) in [5, 5.41) is 11.5. The molecule has 2 amide bonds. The molecule has 0 radical (unpaired) electrons. The van der Waals surface area contributed by atoms with Gasteiger partial charge in [-0.05, 0) is 61.9 Å². The second-order valence-corrected chi connectivity index (χ2v) is 8.26. The molecule has 0 saturated heterocycles. The lowest BCUT2D eigenvalue weighted by molar-refractivity contribution is -0.137. The van der Waals surface area contributed by atoms with Crippen molar-refractivity contribution in [3.63, 3.8) is 0 Å². The monoisotopic (exact) mass is 437 g/mol. The number of fused-ring (bicyclic) bond motifs is 1. The second kappa shape index (κ2) is 9.85. The number of amides is 2. The maximum Gasteiger partial charge on any atom is 0.303 e. The SMILES string of the molecule is [2H]C(c1ccccc1OCCCCCC(=O)O)N(C(=O)c1ccc2c(c1)CC(=O)N2)C1CC1. The van der Waals surface area contributed by atoms with E-state index in [0.29, 0.717) is 29.9 Å². The molecule has 1 atom stereocenters. The number of ether oxygens (including phenoxy) is 1. The largest absolute Gasteiger partial charge is 0.493 e. The molecule has 7 nitrogen and oxygen atoms in total. The molecular weight excluding hydrogens is 408 g/mol. The van der Waals surface area contributed by atoms with Crippen LogP contribution >= 0.6 is 0 Å². The molecule has 168 valence electrons. The van der Waals surface area contributed by atoms with Crippen molar-refractivity contribution in [1.29, 1.82) is 0 Å².